The number of carbonyl (C=O) groups is 2. The van der Waals surface area contributed by atoms with Crippen molar-refractivity contribution >= 4 is 11.9 Å². The number of likely N-dealkylation sites (tertiary alicyclic amines) is 1. The van der Waals surface area contributed by atoms with Gasteiger partial charge in [0.2, 0.25) is 0 Å². The fourth-order valence-corrected chi connectivity index (χ4v) is 4.78. The average molecular weight is 402 g/mol. The number of carbonyl (C=O) groups excluding carboxylic acids is 2. The van der Waals surface area contributed by atoms with E-state index in [9.17, 15) is 14.7 Å². The lowest BCUT2D eigenvalue weighted by atomic mass is 9.92. The first-order valence-electron chi connectivity index (χ1n) is 10.6. The Morgan fingerprint density at radius 1 is 1.14 bits per heavy atom. The molecule has 0 spiro atoms. The molecule has 4 rings (SSSR count). The van der Waals surface area contributed by atoms with Crippen molar-refractivity contribution in [2.45, 2.75) is 62.9 Å². The summed E-state index contributed by atoms with van der Waals surface area (Å²) in [6, 6.07) is 7.96. The first kappa shape index (κ1) is 20.2. The van der Waals surface area contributed by atoms with Gasteiger partial charge < -0.3 is 24.5 Å². The third kappa shape index (κ3) is 4.26. The van der Waals surface area contributed by atoms with Crippen LogP contribution in [0.5, 0.6) is 0 Å². The van der Waals surface area contributed by atoms with Crippen LogP contribution in [0.25, 0.3) is 0 Å². The molecule has 2 saturated heterocycles. The van der Waals surface area contributed by atoms with Gasteiger partial charge in [0.05, 0.1) is 24.9 Å². The largest absolute Gasteiger partial charge is 0.393 e. The number of ether oxygens (including phenoxy) is 1. The van der Waals surface area contributed by atoms with E-state index in [0.29, 0.717) is 25.3 Å². The quantitative estimate of drug-likeness (QED) is 0.839. The van der Waals surface area contributed by atoms with Crippen LogP contribution >= 0.6 is 0 Å². The van der Waals surface area contributed by atoms with Gasteiger partial charge >= 0.3 is 6.03 Å². The summed E-state index contributed by atoms with van der Waals surface area (Å²) in [6.45, 7) is 1.83. The summed E-state index contributed by atoms with van der Waals surface area (Å²) in [5, 5.41) is 9.67. The zero-order valence-electron chi connectivity index (χ0n) is 17.3. The number of urea groups is 1. The molecule has 1 aliphatic carbocycles. The minimum atomic E-state index is -0.225. The van der Waals surface area contributed by atoms with Gasteiger partial charge in [-0.3, -0.25) is 4.79 Å². The maximum Gasteiger partial charge on any atom is 0.320 e. The van der Waals surface area contributed by atoms with Crippen molar-refractivity contribution < 1.29 is 19.4 Å². The molecular formula is C22H31N3O4. The fourth-order valence-electron chi connectivity index (χ4n) is 4.78. The van der Waals surface area contributed by atoms with Crippen LogP contribution < -0.4 is 0 Å². The molecule has 0 radical (unpaired) electrons. The van der Waals surface area contributed by atoms with Gasteiger partial charge in [-0.15, -0.1) is 0 Å². The zero-order valence-corrected chi connectivity index (χ0v) is 17.3. The highest BCUT2D eigenvalue weighted by molar-refractivity contribution is 5.94. The molecule has 3 amide bonds. The van der Waals surface area contributed by atoms with E-state index in [-0.39, 0.29) is 36.2 Å². The van der Waals surface area contributed by atoms with Gasteiger partial charge in [-0.25, -0.2) is 4.79 Å². The average Bonchev–Trinajstić information content (AvgIpc) is 3.37. The van der Waals surface area contributed by atoms with Crippen molar-refractivity contribution in [3.63, 3.8) is 0 Å². The van der Waals surface area contributed by atoms with E-state index in [1.54, 1.807) is 16.8 Å². The molecule has 29 heavy (non-hydrogen) atoms. The van der Waals surface area contributed by atoms with E-state index in [1.165, 1.54) is 0 Å². The number of hydrogen-bond donors (Lipinski definition) is 1. The van der Waals surface area contributed by atoms with E-state index in [0.717, 1.165) is 37.7 Å². The normalized spacial score (nSPS) is 28.4. The Morgan fingerprint density at radius 2 is 1.83 bits per heavy atom. The summed E-state index contributed by atoms with van der Waals surface area (Å²) >= 11 is 0. The number of hydrogen-bond acceptors (Lipinski definition) is 4. The number of rotatable bonds is 4. The molecule has 2 aliphatic heterocycles. The topological polar surface area (TPSA) is 73.3 Å². The Labute approximate surface area is 172 Å². The van der Waals surface area contributed by atoms with Crippen molar-refractivity contribution in [1.82, 2.24) is 14.7 Å². The molecule has 2 bridgehead atoms. The fraction of sp³-hybridized carbons (Fsp3) is 0.636. The Balaban J connectivity index is 1.32. The molecule has 2 heterocycles. The number of aliphatic hydroxyl groups excluding tert-OH is 1. The van der Waals surface area contributed by atoms with Crippen molar-refractivity contribution in [1.29, 1.82) is 0 Å². The Kier molecular flexibility index (Phi) is 5.79. The summed E-state index contributed by atoms with van der Waals surface area (Å²) < 4.78 is 5.57. The highest BCUT2D eigenvalue weighted by Crippen LogP contribution is 2.29. The summed E-state index contributed by atoms with van der Waals surface area (Å²) in [5.74, 6) is 0.0657. The lowest BCUT2D eigenvalue weighted by Gasteiger charge is -2.35. The first-order chi connectivity index (χ1) is 13.9. The zero-order chi connectivity index (χ0) is 20.5. The minimum Gasteiger partial charge on any atom is -0.393 e. The molecule has 1 N–H and O–H groups in total. The van der Waals surface area contributed by atoms with E-state index in [2.05, 4.69) is 0 Å². The molecule has 1 saturated carbocycles. The summed E-state index contributed by atoms with van der Waals surface area (Å²) in [7, 11) is 3.65. The van der Waals surface area contributed by atoms with Crippen LogP contribution in [-0.2, 0) is 11.3 Å². The number of benzene rings is 1. The molecule has 158 valence electrons. The van der Waals surface area contributed by atoms with Crippen LogP contribution in [0.2, 0.25) is 0 Å². The summed E-state index contributed by atoms with van der Waals surface area (Å²) in [6.07, 6.45) is 4.13. The molecule has 7 heteroatoms. The first-order valence-corrected chi connectivity index (χ1v) is 10.6. The second kappa shape index (κ2) is 8.32. The molecule has 1 aromatic rings. The van der Waals surface area contributed by atoms with Crippen LogP contribution in [0.3, 0.4) is 0 Å². The molecule has 7 nitrogen and oxygen atoms in total. The third-order valence-corrected chi connectivity index (χ3v) is 6.62. The molecule has 2 unspecified atom stereocenters. The number of aliphatic hydroxyl groups is 1. The molecule has 3 fully saturated rings. The van der Waals surface area contributed by atoms with Gasteiger partial charge in [-0.05, 0) is 49.8 Å². The predicted molar refractivity (Wildman–Crippen MR) is 109 cm³/mol. The standard InChI is InChI=1S/C22H31N3O4/c1-23(22(28)24(2)17-7-9-19(26)10-8-17)12-15-3-5-16(6-4-15)21(27)25-13-20-11-18(25)14-29-20/h3-6,17-20,26H,7-14H2,1-2H3. The van der Waals surface area contributed by atoms with Crippen molar-refractivity contribution in [3.8, 4) is 0 Å². The SMILES string of the molecule is CN(Cc1ccc(C(=O)N2CC3CC2CO3)cc1)C(=O)N(C)C1CCC(O)CC1. The highest BCUT2D eigenvalue weighted by atomic mass is 16.5. The maximum atomic E-state index is 12.8. The van der Waals surface area contributed by atoms with Crippen LogP contribution in [0.15, 0.2) is 24.3 Å². The number of amides is 3. The van der Waals surface area contributed by atoms with Gasteiger partial charge in [0.15, 0.2) is 0 Å². The predicted octanol–water partition coefficient (Wildman–Crippen LogP) is 2.09. The summed E-state index contributed by atoms with van der Waals surface area (Å²) in [5.41, 5.74) is 1.68. The Morgan fingerprint density at radius 3 is 2.41 bits per heavy atom. The van der Waals surface area contributed by atoms with E-state index in [4.69, 9.17) is 4.74 Å². The molecule has 0 aromatic heterocycles. The smallest absolute Gasteiger partial charge is 0.320 e. The van der Waals surface area contributed by atoms with Gasteiger partial charge in [-0.2, -0.15) is 0 Å². The highest BCUT2D eigenvalue weighted by Gasteiger charge is 2.41. The Bertz CT molecular complexity index is 745. The van der Waals surface area contributed by atoms with Crippen LogP contribution in [0.4, 0.5) is 4.79 Å². The number of morpholine rings is 1. The number of nitrogens with zero attached hydrogens (tertiary/aromatic N) is 3. The maximum absolute atomic E-state index is 12.8. The lowest BCUT2D eigenvalue weighted by molar-refractivity contribution is 0.0259. The van der Waals surface area contributed by atoms with E-state index in [1.807, 2.05) is 36.2 Å². The van der Waals surface area contributed by atoms with Gasteiger partial charge in [0.1, 0.15) is 0 Å². The second-order valence-corrected chi connectivity index (χ2v) is 8.71. The van der Waals surface area contributed by atoms with E-state index < -0.39 is 0 Å². The molecule has 3 aliphatic rings. The Hall–Kier alpha value is -2.12. The van der Waals surface area contributed by atoms with Crippen molar-refractivity contribution in [3.05, 3.63) is 35.4 Å². The van der Waals surface area contributed by atoms with Gasteiger partial charge in [0.25, 0.3) is 5.91 Å². The molecule has 1 aromatic carbocycles. The van der Waals surface area contributed by atoms with Crippen molar-refractivity contribution in [2.24, 2.45) is 0 Å². The van der Waals surface area contributed by atoms with Crippen LogP contribution in [0, 0.1) is 0 Å². The van der Waals surface area contributed by atoms with Crippen LogP contribution in [0.1, 0.15) is 48.0 Å². The number of fused-ring (bicyclic) bond motifs is 2. The third-order valence-electron chi connectivity index (χ3n) is 6.62. The molecule has 2 atom stereocenters. The second-order valence-electron chi connectivity index (χ2n) is 8.71. The monoisotopic (exact) mass is 401 g/mol. The molecular weight excluding hydrogens is 370 g/mol. The van der Waals surface area contributed by atoms with Crippen molar-refractivity contribution in [2.75, 3.05) is 27.2 Å². The van der Waals surface area contributed by atoms with Gasteiger partial charge in [-0.1, -0.05) is 12.1 Å². The van der Waals surface area contributed by atoms with E-state index >= 15 is 0 Å². The lowest BCUT2D eigenvalue weighted by Crippen LogP contribution is -2.45. The summed E-state index contributed by atoms with van der Waals surface area (Å²) in [4.78, 5) is 30.9. The van der Waals surface area contributed by atoms with Gasteiger partial charge in [0, 0.05) is 38.8 Å². The van der Waals surface area contributed by atoms with Crippen LogP contribution in [-0.4, -0.2) is 83.3 Å². The minimum absolute atomic E-state index is 0.0142.